The van der Waals surface area contributed by atoms with Crippen LogP contribution < -0.4 is 0 Å². The van der Waals surface area contributed by atoms with E-state index < -0.39 is 0 Å². The van der Waals surface area contributed by atoms with E-state index in [4.69, 9.17) is 14.4 Å². The van der Waals surface area contributed by atoms with Crippen molar-refractivity contribution in [3.05, 3.63) is 168 Å². The lowest BCUT2D eigenvalue weighted by molar-refractivity contribution is 0.383. The molecule has 218 valence electrons. The van der Waals surface area contributed by atoms with Crippen LogP contribution in [0.2, 0.25) is 0 Å². The summed E-state index contributed by atoms with van der Waals surface area (Å²) in [6.45, 7) is 0. The molecule has 8 aromatic rings. The van der Waals surface area contributed by atoms with Crippen LogP contribution in [0.1, 0.15) is 22.9 Å². The van der Waals surface area contributed by atoms with Crippen molar-refractivity contribution in [3.8, 4) is 11.1 Å². The molecule has 0 fully saturated rings. The van der Waals surface area contributed by atoms with E-state index in [0.717, 1.165) is 55.6 Å². The fourth-order valence-electron chi connectivity index (χ4n) is 6.74. The van der Waals surface area contributed by atoms with Crippen molar-refractivity contribution in [3.63, 3.8) is 0 Å². The fraction of sp³-hybridized carbons (Fsp3) is 0.0476. The third kappa shape index (κ3) is 4.38. The second kappa shape index (κ2) is 10.6. The summed E-state index contributed by atoms with van der Waals surface area (Å²) in [6.07, 6.45) is -0.273. The monoisotopic (exact) mass is 591 g/mol. The Labute approximate surface area is 266 Å². The van der Waals surface area contributed by atoms with E-state index in [1.165, 1.54) is 21.5 Å². The Morgan fingerprint density at radius 2 is 1.22 bits per heavy atom. The first kappa shape index (κ1) is 26.4. The van der Waals surface area contributed by atoms with Crippen LogP contribution in [0.5, 0.6) is 0 Å². The SMILES string of the molecule is CN1C(c2ccccc2)=NC(c2cc(-c3ccc4ccccc4c3)cc3oc4ccccc4c23)=NC1c1ccc2ccccc2c1. The Hall–Kier alpha value is -6.00. The maximum Gasteiger partial charge on any atom is 0.160 e. The lowest BCUT2D eigenvalue weighted by Gasteiger charge is -2.32. The number of fused-ring (bicyclic) bond motifs is 5. The third-order valence-electron chi connectivity index (χ3n) is 9.06. The Morgan fingerprint density at radius 3 is 2.02 bits per heavy atom. The predicted octanol–water partition coefficient (Wildman–Crippen LogP) is 10.4. The van der Waals surface area contributed by atoms with Gasteiger partial charge in [0.2, 0.25) is 0 Å². The molecule has 1 unspecified atom stereocenters. The topological polar surface area (TPSA) is 41.1 Å². The molecule has 0 amide bonds. The van der Waals surface area contributed by atoms with Crippen LogP contribution in [0.15, 0.2) is 166 Å². The maximum absolute atomic E-state index is 6.51. The highest BCUT2D eigenvalue weighted by atomic mass is 16.3. The number of hydrogen-bond acceptors (Lipinski definition) is 4. The van der Waals surface area contributed by atoms with Crippen LogP contribution in [0, 0.1) is 0 Å². The van der Waals surface area contributed by atoms with Crippen LogP contribution >= 0.6 is 0 Å². The largest absolute Gasteiger partial charge is 0.456 e. The van der Waals surface area contributed by atoms with Crippen molar-refractivity contribution in [1.29, 1.82) is 0 Å². The molecular formula is C42H29N3O. The summed E-state index contributed by atoms with van der Waals surface area (Å²) in [4.78, 5) is 12.9. The van der Waals surface area contributed by atoms with E-state index in [2.05, 4.69) is 145 Å². The molecule has 4 heteroatoms. The molecule has 0 N–H and O–H groups in total. The molecule has 9 rings (SSSR count). The van der Waals surface area contributed by atoms with Gasteiger partial charge in [-0.15, -0.1) is 0 Å². The summed E-state index contributed by atoms with van der Waals surface area (Å²) in [5.74, 6) is 1.56. The molecule has 0 bridgehead atoms. The zero-order valence-corrected chi connectivity index (χ0v) is 25.3. The fourth-order valence-corrected chi connectivity index (χ4v) is 6.74. The Balaban J connectivity index is 1.31. The number of aliphatic imine (C=N–C) groups is 2. The van der Waals surface area contributed by atoms with Gasteiger partial charge in [-0.25, -0.2) is 9.98 Å². The summed E-state index contributed by atoms with van der Waals surface area (Å²) in [5.41, 5.74) is 6.96. The van der Waals surface area contributed by atoms with E-state index in [9.17, 15) is 0 Å². The van der Waals surface area contributed by atoms with Gasteiger partial charge in [-0.1, -0.05) is 121 Å². The number of benzene rings is 7. The van der Waals surface area contributed by atoms with Gasteiger partial charge in [-0.3, -0.25) is 0 Å². The summed E-state index contributed by atoms with van der Waals surface area (Å²) < 4.78 is 6.51. The standard InChI is InChI=1S/C42H29N3O/c1-45-41(29-13-3-2-4-14-29)43-40(44-42(45)33-22-20-28-12-6-8-16-31(28)24-33)36-25-34(32-21-19-27-11-5-7-15-30(27)23-32)26-38-39(36)35-17-9-10-18-37(35)46-38/h2-26,42H,1H3. The first-order chi connectivity index (χ1) is 22.7. The lowest BCUT2D eigenvalue weighted by Crippen LogP contribution is -2.35. The average Bonchev–Trinajstić information content (AvgIpc) is 3.50. The minimum atomic E-state index is -0.273. The van der Waals surface area contributed by atoms with Crippen molar-refractivity contribution >= 4 is 55.2 Å². The highest BCUT2D eigenvalue weighted by Gasteiger charge is 2.28. The van der Waals surface area contributed by atoms with Gasteiger partial charge in [0.05, 0.1) is 0 Å². The Morgan fingerprint density at radius 1 is 0.543 bits per heavy atom. The molecule has 1 aromatic heterocycles. The van der Waals surface area contributed by atoms with Crippen LogP contribution in [-0.4, -0.2) is 23.6 Å². The number of furan rings is 1. The summed E-state index contributed by atoms with van der Waals surface area (Å²) in [6, 6.07) is 53.2. The molecule has 1 aliphatic heterocycles. The first-order valence-electron chi connectivity index (χ1n) is 15.6. The molecule has 0 aliphatic carbocycles. The smallest absolute Gasteiger partial charge is 0.160 e. The van der Waals surface area contributed by atoms with E-state index >= 15 is 0 Å². The highest BCUT2D eigenvalue weighted by Crippen LogP contribution is 2.38. The van der Waals surface area contributed by atoms with Crippen molar-refractivity contribution in [1.82, 2.24) is 4.90 Å². The number of hydrogen-bond donors (Lipinski definition) is 0. The van der Waals surface area contributed by atoms with Crippen LogP contribution in [-0.2, 0) is 0 Å². The number of amidine groups is 2. The van der Waals surface area contributed by atoms with E-state index in [-0.39, 0.29) is 6.17 Å². The molecule has 0 radical (unpaired) electrons. The second-order valence-electron chi connectivity index (χ2n) is 11.9. The maximum atomic E-state index is 6.51. The van der Waals surface area contributed by atoms with Gasteiger partial charge in [-0.05, 0) is 68.6 Å². The first-order valence-corrected chi connectivity index (χ1v) is 15.6. The molecule has 0 spiro atoms. The van der Waals surface area contributed by atoms with Gasteiger partial charge in [0, 0.05) is 28.9 Å². The van der Waals surface area contributed by atoms with Crippen molar-refractivity contribution in [2.24, 2.45) is 9.98 Å². The quantitative estimate of drug-likeness (QED) is 0.204. The Bertz CT molecular complexity index is 2510. The van der Waals surface area contributed by atoms with Gasteiger partial charge in [0.1, 0.15) is 17.0 Å². The highest BCUT2D eigenvalue weighted by molar-refractivity contribution is 6.22. The van der Waals surface area contributed by atoms with E-state index in [0.29, 0.717) is 5.84 Å². The van der Waals surface area contributed by atoms with E-state index in [1.807, 2.05) is 18.2 Å². The minimum Gasteiger partial charge on any atom is -0.456 e. The summed E-state index contributed by atoms with van der Waals surface area (Å²) >= 11 is 0. The molecule has 7 aromatic carbocycles. The van der Waals surface area contributed by atoms with Crippen LogP contribution in [0.25, 0.3) is 54.6 Å². The third-order valence-corrected chi connectivity index (χ3v) is 9.06. The number of nitrogens with zero attached hydrogens (tertiary/aromatic N) is 3. The van der Waals surface area contributed by atoms with E-state index in [1.54, 1.807) is 0 Å². The van der Waals surface area contributed by atoms with Crippen molar-refractivity contribution in [2.75, 3.05) is 7.05 Å². The number of para-hydroxylation sites is 1. The predicted molar refractivity (Wildman–Crippen MR) is 191 cm³/mol. The zero-order valence-electron chi connectivity index (χ0n) is 25.3. The summed E-state index contributed by atoms with van der Waals surface area (Å²) in [7, 11) is 2.08. The average molecular weight is 592 g/mol. The van der Waals surface area contributed by atoms with Crippen molar-refractivity contribution in [2.45, 2.75) is 6.17 Å². The van der Waals surface area contributed by atoms with Gasteiger partial charge >= 0.3 is 0 Å². The minimum absolute atomic E-state index is 0.273. The summed E-state index contributed by atoms with van der Waals surface area (Å²) in [5, 5.41) is 6.89. The molecule has 1 aliphatic rings. The molecule has 46 heavy (non-hydrogen) atoms. The van der Waals surface area contributed by atoms with Gasteiger partial charge in [0.15, 0.2) is 12.0 Å². The van der Waals surface area contributed by atoms with Crippen molar-refractivity contribution < 1.29 is 4.42 Å². The molecular weight excluding hydrogens is 562 g/mol. The second-order valence-corrected chi connectivity index (χ2v) is 11.9. The normalized spacial score (nSPS) is 15.1. The zero-order chi connectivity index (χ0) is 30.6. The number of rotatable bonds is 4. The molecule has 1 atom stereocenters. The molecule has 0 saturated heterocycles. The Kier molecular flexibility index (Phi) is 6.07. The van der Waals surface area contributed by atoms with Crippen LogP contribution in [0.3, 0.4) is 0 Å². The van der Waals surface area contributed by atoms with Gasteiger partial charge in [-0.2, -0.15) is 0 Å². The van der Waals surface area contributed by atoms with Gasteiger partial charge < -0.3 is 9.32 Å². The molecule has 0 saturated carbocycles. The lowest BCUT2D eigenvalue weighted by atomic mass is 9.96. The van der Waals surface area contributed by atoms with Crippen LogP contribution in [0.4, 0.5) is 0 Å². The molecule has 4 nitrogen and oxygen atoms in total. The molecule has 2 heterocycles. The van der Waals surface area contributed by atoms with Gasteiger partial charge in [0.25, 0.3) is 0 Å².